The van der Waals surface area contributed by atoms with Gasteiger partial charge in [0.2, 0.25) is 0 Å². The molecule has 0 amide bonds. The number of nitrogens with zero attached hydrogens (tertiary/aromatic N) is 3. The van der Waals surface area contributed by atoms with Crippen molar-refractivity contribution in [1.29, 1.82) is 0 Å². The van der Waals surface area contributed by atoms with Gasteiger partial charge in [0.25, 0.3) is 0 Å². The molecular weight excluding hydrogens is 337 g/mol. The van der Waals surface area contributed by atoms with Crippen molar-refractivity contribution >= 4 is 11.8 Å². The van der Waals surface area contributed by atoms with Crippen LogP contribution in [-0.2, 0) is 13.2 Å². The quantitative estimate of drug-likeness (QED) is 0.497. The summed E-state index contributed by atoms with van der Waals surface area (Å²) in [5.41, 5.74) is 0. The van der Waals surface area contributed by atoms with Gasteiger partial charge in [-0.2, -0.15) is 0 Å². The Labute approximate surface area is 152 Å². The Balaban J connectivity index is 1.64. The Hall–Kier alpha value is -1.82. The van der Waals surface area contributed by atoms with Gasteiger partial charge in [-0.25, -0.2) is 4.39 Å². The van der Waals surface area contributed by atoms with E-state index in [4.69, 9.17) is 4.74 Å². The Bertz CT molecular complexity index is 698. The zero-order chi connectivity index (χ0) is 17.5. The predicted molar refractivity (Wildman–Crippen MR) is 98.3 cm³/mol. The summed E-state index contributed by atoms with van der Waals surface area (Å²) in [4.78, 5) is 0. The minimum atomic E-state index is -0.371. The number of allylic oxidation sites excluding steroid dienone is 1. The molecule has 1 fully saturated rings. The Morgan fingerprint density at radius 3 is 2.80 bits per heavy atom. The van der Waals surface area contributed by atoms with E-state index in [1.165, 1.54) is 38.2 Å². The van der Waals surface area contributed by atoms with Crippen molar-refractivity contribution in [2.24, 2.45) is 5.92 Å². The van der Waals surface area contributed by atoms with Crippen molar-refractivity contribution in [2.45, 2.75) is 50.4 Å². The van der Waals surface area contributed by atoms with E-state index in [1.807, 2.05) is 10.6 Å². The number of benzene rings is 1. The maximum atomic E-state index is 13.7. The highest BCUT2D eigenvalue weighted by molar-refractivity contribution is 7.99. The Morgan fingerprint density at radius 2 is 2.04 bits per heavy atom. The van der Waals surface area contributed by atoms with Gasteiger partial charge in [-0.1, -0.05) is 49.2 Å². The van der Waals surface area contributed by atoms with Crippen molar-refractivity contribution in [2.75, 3.05) is 5.75 Å². The summed E-state index contributed by atoms with van der Waals surface area (Å²) in [5.74, 6) is 2.39. The highest BCUT2D eigenvalue weighted by atomic mass is 32.2. The van der Waals surface area contributed by atoms with Crippen molar-refractivity contribution < 1.29 is 9.13 Å². The number of ether oxygens (including phenoxy) is 1. The smallest absolute Gasteiger partial charge is 0.191 e. The SMILES string of the molecule is C=CCn1c(COc2ccccc2F)nnc1SCC1CCCCC1. The van der Waals surface area contributed by atoms with Gasteiger partial charge >= 0.3 is 0 Å². The minimum absolute atomic E-state index is 0.186. The molecule has 0 aliphatic heterocycles. The summed E-state index contributed by atoms with van der Waals surface area (Å²) in [6.07, 6.45) is 8.49. The molecule has 0 saturated heterocycles. The fourth-order valence-corrected chi connectivity index (χ4v) is 4.25. The van der Waals surface area contributed by atoms with E-state index in [-0.39, 0.29) is 18.2 Å². The van der Waals surface area contributed by atoms with Gasteiger partial charge in [-0.05, 0) is 30.9 Å². The first-order chi connectivity index (χ1) is 12.3. The van der Waals surface area contributed by atoms with Crippen LogP contribution < -0.4 is 4.74 Å². The summed E-state index contributed by atoms with van der Waals surface area (Å²) >= 11 is 1.75. The molecule has 0 bridgehead atoms. The molecule has 1 heterocycles. The van der Waals surface area contributed by atoms with Crippen LogP contribution in [0.3, 0.4) is 0 Å². The topological polar surface area (TPSA) is 39.9 Å². The molecule has 0 radical (unpaired) electrons. The van der Waals surface area contributed by atoms with Gasteiger partial charge in [0.1, 0.15) is 6.61 Å². The normalized spacial score (nSPS) is 15.2. The van der Waals surface area contributed by atoms with Crippen LogP contribution in [0.15, 0.2) is 42.1 Å². The van der Waals surface area contributed by atoms with E-state index in [9.17, 15) is 4.39 Å². The number of hydrogen-bond acceptors (Lipinski definition) is 4. The van der Waals surface area contributed by atoms with Crippen LogP contribution in [-0.4, -0.2) is 20.5 Å². The van der Waals surface area contributed by atoms with E-state index in [1.54, 1.807) is 30.0 Å². The highest BCUT2D eigenvalue weighted by Crippen LogP contribution is 2.29. The standard InChI is InChI=1S/C19H24FN3OS/c1-2-12-23-18(13-24-17-11-7-6-10-16(17)20)21-22-19(23)25-14-15-8-4-3-5-9-15/h2,6-7,10-11,15H,1,3-5,8-9,12-14H2. The van der Waals surface area contributed by atoms with Gasteiger partial charge in [-0.3, -0.25) is 4.57 Å². The fraction of sp³-hybridized carbons (Fsp3) is 0.474. The third-order valence-corrected chi connectivity index (χ3v) is 5.67. The molecule has 25 heavy (non-hydrogen) atoms. The van der Waals surface area contributed by atoms with Crippen molar-refractivity contribution in [3.63, 3.8) is 0 Å². The van der Waals surface area contributed by atoms with Gasteiger partial charge in [-0.15, -0.1) is 16.8 Å². The van der Waals surface area contributed by atoms with Crippen LogP contribution in [0.25, 0.3) is 0 Å². The van der Waals surface area contributed by atoms with Crippen molar-refractivity contribution in [1.82, 2.24) is 14.8 Å². The zero-order valence-corrected chi connectivity index (χ0v) is 15.2. The van der Waals surface area contributed by atoms with Crippen LogP contribution in [0.1, 0.15) is 37.9 Å². The lowest BCUT2D eigenvalue weighted by atomic mass is 9.91. The van der Waals surface area contributed by atoms with Crippen LogP contribution >= 0.6 is 11.8 Å². The van der Waals surface area contributed by atoms with E-state index in [0.29, 0.717) is 12.4 Å². The molecule has 0 atom stereocenters. The van der Waals surface area contributed by atoms with E-state index < -0.39 is 0 Å². The monoisotopic (exact) mass is 361 g/mol. The number of hydrogen-bond donors (Lipinski definition) is 0. The summed E-state index contributed by atoms with van der Waals surface area (Å²) < 4.78 is 21.3. The zero-order valence-electron chi connectivity index (χ0n) is 14.4. The second-order valence-corrected chi connectivity index (χ2v) is 7.32. The molecule has 0 unspecified atom stereocenters. The molecule has 0 N–H and O–H groups in total. The Kier molecular flexibility index (Phi) is 6.50. The first kappa shape index (κ1) is 18.0. The number of rotatable bonds is 8. The average Bonchev–Trinajstić information content (AvgIpc) is 3.02. The van der Waals surface area contributed by atoms with Crippen molar-refractivity contribution in [3.8, 4) is 5.75 Å². The molecule has 1 saturated carbocycles. The van der Waals surface area contributed by atoms with Gasteiger partial charge in [0.05, 0.1) is 0 Å². The average molecular weight is 361 g/mol. The first-order valence-corrected chi connectivity index (χ1v) is 9.79. The molecule has 1 aliphatic rings. The lowest BCUT2D eigenvalue weighted by Crippen LogP contribution is -2.11. The molecule has 1 aliphatic carbocycles. The molecule has 1 aromatic heterocycles. The largest absolute Gasteiger partial charge is 0.483 e. The second-order valence-electron chi connectivity index (χ2n) is 6.33. The molecule has 2 aromatic rings. The van der Waals surface area contributed by atoms with E-state index in [2.05, 4.69) is 16.8 Å². The van der Waals surface area contributed by atoms with Gasteiger partial charge in [0, 0.05) is 12.3 Å². The lowest BCUT2D eigenvalue weighted by Gasteiger charge is -2.20. The number of thioether (sulfide) groups is 1. The van der Waals surface area contributed by atoms with Crippen LogP contribution in [0.5, 0.6) is 5.75 Å². The molecule has 6 heteroatoms. The molecule has 4 nitrogen and oxygen atoms in total. The number of aromatic nitrogens is 3. The van der Waals surface area contributed by atoms with E-state index >= 15 is 0 Å². The van der Waals surface area contributed by atoms with Crippen LogP contribution in [0.4, 0.5) is 4.39 Å². The third-order valence-electron chi connectivity index (χ3n) is 4.47. The van der Waals surface area contributed by atoms with E-state index in [0.717, 1.165) is 16.8 Å². The fourth-order valence-electron chi connectivity index (χ4n) is 3.10. The summed E-state index contributed by atoms with van der Waals surface area (Å²) in [6, 6.07) is 6.39. The van der Waals surface area contributed by atoms with Crippen LogP contribution in [0.2, 0.25) is 0 Å². The summed E-state index contributed by atoms with van der Waals surface area (Å²) in [6.45, 7) is 4.62. The molecular formula is C19H24FN3OS. The van der Waals surface area contributed by atoms with Crippen molar-refractivity contribution in [3.05, 3.63) is 48.6 Å². The Morgan fingerprint density at radius 1 is 1.24 bits per heavy atom. The molecule has 0 spiro atoms. The lowest BCUT2D eigenvalue weighted by molar-refractivity contribution is 0.275. The highest BCUT2D eigenvalue weighted by Gasteiger charge is 2.17. The first-order valence-electron chi connectivity index (χ1n) is 8.81. The second kappa shape index (κ2) is 9.04. The number of halogens is 1. The molecule has 1 aromatic carbocycles. The van der Waals surface area contributed by atoms with Crippen LogP contribution in [0, 0.1) is 11.7 Å². The summed E-state index contributed by atoms with van der Waals surface area (Å²) in [7, 11) is 0. The molecule has 3 rings (SSSR count). The van der Waals surface area contributed by atoms with Gasteiger partial charge < -0.3 is 4.74 Å². The maximum absolute atomic E-state index is 13.7. The summed E-state index contributed by atoms with van der Waals surface area (Å²) in [5, 5.41) is 9.44. The van der Waals surface area contributed by atoms with Gasteiger partial charge in [0.15, 0.2) is 22.5 Å². The predicted octanol–water partition coefficient (Wildman–Crippen LogP) is 4.85. The minimum Gasteiger partial charge on any atom is -0.483 e. The maximum Gasteiger partial charge on any atom is 0.191 e. The molecule has 134 valence electrons. The third kappa shape index (κ3) is 4.84. The number of para-hydroxylation sites is 1.